The van der Waals surface area contributed by atoms with E-state index in [1.165, 1.54) is 38.5 Å². The molecule has 0 amide bonds. The van der Waals surface area contributed by atoms with E-state index in [0.717, 1.165) is 0 Å². The molecule has 1 aliphatic rings. The fraction of sp³-hybridized carbons (Fsp3) is 0.875. The van der Waals surface area contributed by atoms with Crippen LogP contribution in [0.4, 0.5) is 0 Å². The summed E-state index contributed by atoms with van der Waals surface area (Å²) in [5.41, 5.74) is 2.45. The van der Waals surface area contributed by atoms with Gasteiger partial charge in [-0.1, -0.05) is 25.7 Å². The Hall–Kier alpha value is -0.350. The van der Waals surface area contributed by atoms with Crippen LogP contribution < -0.4 is 16.6 Å². The van der Waals surface area contributed by atoms with E-state index in [1.807, 2.05) is 0 Å². The molecule has 0 spiro atoms. The van der Waals surface area contributed by atoms with Gasteiger partial charge in [-0.25, -0.2) is 5.84 Å². The van der Waals surface area contributed by atoms with Crippen LogP contribution in [0, 0.1) is 0 Å². The Kier molecular flexibility index (Phi) is 4.32. The summed E-state index contributed by atoms with van der Waals surface area (Å²) in [7, 11) is 0. The average molecular weight is 187 g/mol. The predicted octanol–water partition coefficient (Wildman–Crippen LogP) is 1.05. The van der Waals surface area contributed by atoms with Crippen molar-refractivity contribution in [2.45, 2.75) is 44.6 Å². The maximum Gasteiger partial charge on any atom is 0.180 e. The Bertz CT molecular complexity index is 141. The molecule has 0 radical (unpaired) electrons. The molecule has 0 aromatic heterocycles. The molecule has 0 aromatic carbocycles. The van der Waals surface area contributed by atoms with Crippen LogP contribution in [0.5, 0.6) is 0 Å². The zero-order valence-electron chi connectivity index (χ0n) is 7.31. The maximum atomic E-state index is 5.17. The van der Waals surface area contributed by atoms with Crippen molar-refractivity contribution in [3.05, 3.63) is 0 Å². The molecule has 0 aliphatic heterocycles. The van der Waals surface area contributed by atoms with Gasteiger partial charge in [0.25, 0.3) is 0 Å². The summed E-state index contributed by atoms with van der Waals surface area (Å²) in [6.45, 7) is 0. The Morgan fingerprint density at radius 1 is 1.17 bits per heavy atom. The third kappa shape index (κ3) is 3.36. The third-order valence-corrected chi connectivity index (χ3v) is 2.56. The molecule has 4 heteroatoms. The molecule has 1 fully saturated rings. The SMILES string of the molecule is NNC(=S)NC1CCCCCC1. The molecule has 0 aromatic rings. The summed E-state index contributed by atoms with van der Waals surface area (Å²) >= 11 is 4.93. The van der Waals surface area contributed by atoms with Gasteiger partial charge in [0.05, 0.1) is 0 Å². The van der Waals surface area contributed by atoms with E-state index in [1.54, 1.807) is 0 Å². The Morgan fingerprint density at radius 2 is 1.75 bits per heavy atom. The molecule has 1 aliphatic carbocycles. The van der Waals surface area contributed by atoms with Gasteiger partial charge in [0, 0.05) is 6.04 Å². The van der Waals surface area contributed by atoms with E-state index < -0.39 is 0 Å². The van der Waals surface area contributed by atoms with E-state index in [0.29, 0.717) is 11.2 Å². The topological polar surface area (TPSA) is 50.1 Å². The summed E-state index contributed by atoms with van der Waals surface area (Å²) in [6.07, 6.45) is 7.79. The summed E-state index contributed by atoms with van der Waals surface area (Å²) in [6, 6.07) is 0.538. The van der Waals surface area contributed by atoms with Gasteiger partial charge in [-0.3, -0.25) is 0 Å². The lowest BCUT2D eigenvalue weighted by molar-refractivity contribution is 0.529. The molecular formula is C8H17N3S. The number of hydrogen-bond donors (Lipinski definition) is 3. The molecule has 3 nitrogen and oxygen atoms in total. The first-order valence-electron chi connectivity index (χ1n) is 4.60. The minimum Gasteiger partial charge on any atom is -0.359 e. The van der Waals surface area contributed by atoms with Gasteiger partial charge in [0.2, 0.25) is 0 Å². The van der Waals surface area contributed by atoms with E-state index in [2.05, 4.69) is 10.7 Å². The van der Waals surface area contributed by atoms with Crippen molar-refractivity contribution >= 4 is 17.3 Å². The number of nitrogens with one attached hydrogen (secondary N) is 2. The van der Waals surface area contributed by atoms with Crippen molar-refractivity contribution in [1.29, 1.82) is 0 Å². The Labute approximate surface area is 79.1 Å². The van der Waals surface area contributed by atoms with Crippen LogP contribution in [-0.2, 0) is 0 Å². The molecule has 1 rings (SSSR count). The highest BCUT2D eigenvalue weighted by Gasteiger charge is 2.11. The quantitative estimate of drug-likeness (QED) is 0.248. The van der Waals surface area contributed by atoms with Gasteiger partial charge in [-0.05, 0) is 25.1 Å². The van der Waals surface area contributed by atoms with Crippen LogP contribution in [0.25, 0.3) is 0 Å². The molecule has 0 atom stereocenters. The lowest BCUT2D eigenvalue weighted by Gasteiger charge is -2.17. The molecule has 0 saturated heterocycles. The molecule has 4 N–H and O–H groups in total. The molecule has 0 unspecified atom stereocenters. The van der Waals surface area contributed by atoms with Crippen molar-refractivity contribution in [3.63, 3.8) is 0 Å². The van der Waals surface area contributed by atoms with Crippen LogP contribution >= 0.6 is 12.2 Å². The van der Waals surface area contributed by atoms with Crippen molar-refractivity contribution in [2.75, 3.05) is 0 Å². The lowest BCUT2D eigenvalue weighted by Crippen LogP contribution is -2.44. The summed E-state index contributed by atoms with van der Waals surface area (Å²) in [5, 5.41) is 3.78. The molecule has 0 heterocycles. The zero-order valence-corrected chi connectivity index (χ0v) is 8.12. The minimum absolute atomic E-state index is 0.538. The first-order chi connectivity index (χ1) is 5.83. The normalized spacial score (nSPS) is 19.8. The van der Waals surface area contributed by atoms with Crippen LogP contribution in [0.15, 0.2) is 0 Å². The largest absolute Gasteiger partial charge is 0.359 e. The highest BCUT2D eigenvalue weighted by Crippen LogP contribution is 2.16. The van der Waals surface area contributed by atoms with Gasteiger partial charge in [0.15, 0.2) is 5.11 Å². The van der Waals surface area contributed by atoms with Crippen LogP contribution in [0.3, 0.4) is 0 Å². The van der Waals surface area contributed by atoms with E-state index >= 15 is 0 Å². The lowest BCUT2D eigenvalue weighted by atomic mass is 10.1. The maximum absolute atomic E-state index is 5.17. The van der Waals surface area contributed by atoms with Gasteiger partial charge in [-0.2, -0.15) is 0 Å². The fourth-order valence-corrected chi connectivity index (χ4v) is 1.82. The third-order valence-electron chi connectivity index (χ3n) is 2.32. The van der Waals surface area contributed by atoms with Crippen molar-refractivity contribution in [3.8, 4) is 0 Å². The molecule has 70 valence electrons. The molecular weight excluding hydrogens is 170 g/mol. The van der Waals surface area contributed by atoms with Gasteiger partial charge in [-0.15, -0.1) is 0 Å². The Balaban J connectivity index is 2.24. The fourth-order valence-electron chi connectivity index (χ4n) is 1.65. The first kappa shape index (κ1) is 9.74. The second-order valence-corrected chi connectivity index (χ2v) is 3.71. The van der Waals surface area contributed by atoms with E-state index in [9.17, 15) is 0 Å². The number of hydrogen-bond acceptors (Lipinski definition) is 2. The van der Waals surface area contributed by atoms with Crippen molar-refractivity contribution in [2.24, 2.45) is 5.84 Å². The number of nitrogens with two attached hydrogens (primary N) is 1. The van der Waals surface area contributed by atoms with Gasteiger partial charge in [0.1, 0.15) is 0 Å². The summed E-state index contributed by atoms with van der Waals surface area (Å²) < 4.78 is 0. The number of rotatable bonds is 1. The molecule has 12 heavy (non-hydrogen) atoms. The number of hydrazine groups is 1. The van der Waals surface area contributed by atoms with Crippen molar-refractivity contribution in [1.82, 2.24) is 10.7 Å². The monoisotopic (exact) mass is 187 g/mol. The molecule has 0 bridgehead atoms. The van der Waals surface area contributed by atoms with Gasteiger partial charge >= 0.3 is 0 Å². The Morgan fingerprint density at radius 3 is 2.25 bits per heavy atom. The van der Waals surface area contributed by atoms with E-state index in [-0.39, 0.29) is 0 Å². The standard InChI is InChI=1S/C8H17N3S/c9-11-8(12)10-7-5-3-1-2-4-6-7/h7H,1-6,9H2,(H2,10,11,12). The average Bonchev–Trinajstić information content (AvgIpc) is 2.33. The minimum atomic E-state index is 0.538. The first-order valence-corrected chi connectivity index (χ1v) is 5.01. The predicted molar refractivity (Wildman–Crippen MR) is 54.5 cm³/mol. The van der Waals surface area contributed by atoms with Crippen LogP contribution in [0.2, 0.25) is 0 Å². The smallest absolute Gasteiger partial charge is 0.180 e. The second-order valence-electron chi connectivity index (χ2n) is 3.31. The van der Waals surface area contributed by atoms with Gasteiger partial charge < -0.3 is 10.7 Å². The summed E-state index contributed by atoms with van der Waals surface area (Å²) in [5.74, 6) is 5.17. The summed E-state index contributed by atoms with van der Waals surface area (Å²) in [4.78, 5) is 0. The number of thiocarbonyl (C=S) groups is 1. The van der Waals surface area contributed by atoms with Crippen LogP contribution in [0.1, 0.15) is 38.5 Å². The molecule has 1 saturated carbocycles. The van der Waals surface area contributed by atoms with Crippen molar-refractivity contribution < 1.29 is 0 Å². The zero-order chi connectivity index (χ0) is 8.81. The second kappa shape index (κ2) is 5.32. The van der Waals surface area contributed by atoms with E-state index in [4.69, 9.17) is 18.1 Å². The van der Waals surface area contributed by atoms with Crippen LogP contribution in [-0.4, -0.2) is 11.2 Å². The highest BCUT2D eigenvalue weighted by atomic mass is 32.1. The highest BCUT2D eigenvalue weighted by molar-refractivity contribution is 7.80.